The van der Waals surface area contributed by atoms with Crippen LogP contribution in [0.5, 0.6) is 5.75 Å². The fourth-order valence-corrected chi connectivity index (χ4v) is 1.25. The first kappa shape index (κ1) is 9.58. The molecule has 0 spiro atoms. The number of phenols is 1. The van der Waals surface area contributed by atoms with Crippen molar-refractivity contribution in [3.63, 3.8) is 0 Å². The maximum atomic E-state index is 10.6. The van der Waals surface area contributed by atoms with Crippen molar-refractivity contribution in [3.05, 3.63) is 29.8 Å². The topological polar surface area (TPSA) is 60.4 Å². The number of carboxylic acids is 1. The summed E-state index contributed by atoms with van der Waals surface area (Å²) in [6.07, 6.45) is 0.493. The van der Waals surface area contributed by atoms with E-state index in [1.807, 2.05) is 0 Å². The van der Waals surface area contributed by atoms with Gasteiger partial charge in [-0.15, -0.1) is 0 Å². The van der Waals surface area contributed by atoms with E-state index in [9.17, 15) is 9.90 Å². The summed E-state index contributed by atoms with van der Waals surface area (Å²) in [6.45, 7) is 1.79. The second-order valence-corrected chi connectivity index (χ2v) is 2.87. The average Bonchev–Trinajstić information content (AvgIpc) is 2.09. The lowest BCUT2D eigenvalue weighted by Crippen LogP contribution is -2.29. The van der Waals surface area contributed by atoms with Crippen molar-refractivity contribution in [1.82, 2.24) is 0 Å². The van der Waals surface area contributed by atoms with E-state index >= 15 is 0 Å². The molecule has 1 atom stereocenters. The standard InChI is InChI=1S/C10H12O3/c1-2-9(10(12)13)7-3-5-8(11)6-4-7/h3-6,9,11H,2H2,1H3,(H,12,13)/p-1. The Labute approximate surface area is 76.6 Å². The third-order valence-electron chi connectivity index (χ3n) is 1.99. The Balaban J connectivity index is 2.92. The predicted molar refractivity (Wildman–Crippen MR) is 46.1 cm³/mol. The first-order chi connectivity index (χ1) is 6.15. The maximum absolute atomic E-state index is 10.6. The molecule has 13 heavy (non-hydrogen) atoms. The summed E-state index contributed by atoms with van der Waals surface area (Å²) in [5, 5.41) is 19.6. The summed E-state index contributed by atoms with van der Waals surface area (Å²) < 4.78 is 0. The van der Waals surface area contributed by atoms with Crippen LogP contribution in [0.3, 0.4) is 0 Å². The van der Waals surface area contributed by atoms with E-state index < -0.39 is 11.9 Å². The third kappa shape index (κ3) is 2.21. The van der Waals surface area contributed by atoms with Crippen molar-refractivity contribution in [1.29, 1.82) is 0 Å². The number of carboxylic acid groups (broad SMARTS) is 1. The summed E-state index contributed by atoms with van der Waals surface area (Å²) in [4.78, 5) is 10.6. The molecular weight excluding hydrogens is 168 g/mol. The van der Waals surface area contributed by atoms with Crippen molar-refractivity contribution in [2.75, 3.05) is 0 Å². The number of rotatable bonds is 3. The molecule has 0 aliphatic carbocycles. The maximum Gasteiger partial charge on any atom is 0.115 e. The fourth-order valence-electron chi connectivity index (χ4n) is 1.25. The van der Waals surface area contributed by atoms with Gasteiger partial charge in [0, 0.05) is 11.9 Å². The monoisotopic (exact) mass is 179 g/mol. The Morgan fingerprint density at radius 1 is 1.46 bits per heavy atom. The molecule has 1 aromatic rings. The van der Waals surface area contributed by atoms with Gasteiger partial charge in [-0.3, -0.25) is 0 Å². The summed E-state index contributed by atoms with van der Waals surface area (Å²) in [6, 6.07) is 6.14. The number of benzene rings is 1. The third-order valence-corrected chi connectivity index (χ3v) is 1.99. The quantitative estimate of drug-likeness (QED) is 0.740. The van der Waals surface area contributed by atoms with E-state index in [1.54, 1.807) is 19.1 Å². The molecule has 70 valence electrons. The van der Waals surface area contributed by atoms with E-state index in [-0.39, 0.29) is 5.75 Å². The summed E-state index contributed by atoms with van der Waals surface area (Å²) in [5.74, 6) is -1.52. The SMILES string of the molecule is CCC(C(=O)[O-])c1ccc(O)cc1. The highest BCUT2D eigenvalue weighted by Crippen LogP contribution is 2.20. The van der Waals surface area contributed by atoms with Gasteiger partial charge in [0.2, 0.25) is 0 Å². The molecule has 0 saturated carbocycles. The number of aliphatic carboxylic acids is 1. The minimum atomic E-state index is -1.08. The highest BCUT2D eigenvalue weighted by atomic mass is 16.4. The van der Waals surface area contributed by atoms with Crippen LogP contribution in [0, 0.1) is 0 Å². The van der Waals surface area contributed by atoms with Gasteiger partial charge in [-0.2, -0.15) is 0 Å². The first-order valence-corrected chi connectivity index (χ1v) is 4.15. The molecular formula is C10H11O3-. The molecule has 0 aliphatic rings. The van der Waals surface area contributed by atoms with E-state index in [0.717, 1.165) is 0 Å². The zero-order valence-electron chi connectivity index (χ0n) is 7.36. The molecule has 0 heterocycles. The molecule has 3 nitrogen and oxygen atoms in total. The molecule has 0 aromatic heterocycles. The molecule has 0 fully saturated rings. The van der Waals surface area contributed by atoms with E-state index in [1.165, 1.54) is 12.1 Å². The Hall–Kier alpha value is -1.51. The number of aromatic hydroxyl groups is 1. The predicted octanol–water partition coefficient (Wildman–Crippen LogP) is 0.636. The fraction of sp³-hybridized carbons (Fsp3) is 0.300. The number of phenolic OH excluding ortho intramolecular Hbond substituents is 1. The van der Waals surface area contributed by atoms with Crippen LogP contribution in [-0.4, -0.2) is 11.1 Å². The lowest BCUT2D eigenvalue weighted by molar-refractivity contribution is -0.308. The number of hydrogen-bond donors (Lipinski definition) is 1. The number of carbonyl (C=O) groups is 1. The Kier molecular flexibility index (Phi) is 2.90. The lowest BCUT2D eigenvalue weighted by Gasteiger charge is -2.15. The largest absolute Gasteiger partial charge is 0.549 e. The lowest BCUT2D eigenvalue weighted by atomic mass is 9.97. The highest BCUT2D eigenvalue weighted by molar-refractivity contribution is 5.73. The van der Waals surface area contributed by atoms with Gasteiger partial charge in [-0.25, -0.2) is 0 Å². The molecule has 0 radical (unpaired) electrons. The zero-order chi connectivity index (χ0) is 9.84. The Bertz CT molecular complexity index is 290. The van der Waals surface area contributed by atoms with E-state index in [0.29, 0.717) is 12.0 Å². The summed E-state index contributed by atoms with van der Waals surface area (Å²) >= 11 is 0. The van der Waals surface area contributed by atoms with E-state index in [2.05, 4.69) is 0 Å². The molecule has 0 aliphatic heterocycles. The number of carbonyl (C=O) groups excluding carboxylic acids is 1. The molecule has 1 rings (SSSR count). The van der Waals surface area contributed by atoms with Gasteiger partial charge >= 0.3 is 0 Å². The van der Waals surface area contributed by atoms with Gasteiger partial charge in [0.1, 0.15) is 5.75 Å². The van der Waals surface area contributed by atoms with Crippen molar-refractivity contribution >= 4 is 5.97 Å². The van der Waals surface area contributed by atoms with E-state index in [4.69, 9.17) is 5.11 Å². The summed E-state index contributed by atoms with van der Waals surface area (Å²) in [5.41, 5.74) is 0.667. The van der Waals surface area contributed by atoms with Crippen molar-refractivity contribution in [2.24, 2.45) is 0 Å². The highest BCUT2D eigenvalue weighted by Gasteiger charge is 2.09. The van der Waals surface area contributed by atoms with Gasteiger partial charge in [-0.05, 0) is 24.1 Å². The van der Waals surface area contributed by atoms with Crippen LogP contribution in [-0.2, 0) is 4.79 Å². The van der Waals surface area contributed by atoms with Gasteiger partial charge in [0.15, 0.2) is 0 Å². The second kappa shape index (κ2) is 3.94. The molecule has 0 bridgehead atoms. The zero-order valence-corrected chi connectivity index (χ0v) is 7.36. The second-order valence-electron chi connectivity index (χ2n) is 2.87. The minimum Gasteiger partial charge on any atom is -0.549 e. The molecule has 1 unspecified atom stereocenters. The van der Waals surface area contributed by atoms with Crippen LogP contribution in [0.1, 0.15) is 24.8 Å². The summed E-state index contributed by atoms with van der Waals surface area (Å²) in [7, 11) is 0. The molecule has 0 saturated heterocycles. The normalized spacial score (nSPS) is 12.4. The Morgan fingerprint density at radius 3 is 2.38 bits per heavy atom. The van der Waals surface area contributed by atoms with Gasteiger partial charge in [0.05, 0.1) is 0 Å². The molecule has 0 amide bonds. The van der Waals surface area contributed by atoms with Gasteiger partial charge in [-0.1, -0.05) is 19.1 Å². The van der Waals surface area contributed by atoms with Gasteiger partial charge in [0.25, 0.3) is 0 Å². The smallest absolute Gasteiger partial charge is 0.115 e. The van der Waals surface area contributed by atoms with Crippen LogP contribution in [0.25, 0.3) is 0 Å². The van der Waals surface area contributed by atoms with Crippen LogP contribution in [0.15, 0.2) is 24.3 Å². The Morgan fingerprint density at radius 2 is 2.00 bits per heavy atom. The van der Waals surface area contributed by atoms with Crippen LogP contribution in [0.2, 0.25) is 0 Å². The number of hydrogen-bond acceptors (Lipinski definition) is 3. The minimum absolute atomic E-state index is 0.136. The van der Waals surface area contributed by atoms with Gasteiger partial charge < -0.3 is 15.0 Å². The van der Waals surface area contributed by atoms with Crippen LogP contribution >= 0.6 is 0 Å². The van der Waals surface area contributed by atoms with Crippen molar-refractivity contribution in [2.45, 2.75) is 19.3 Å². The first-order valence-electron chi connectivity index (χ1n) is 4.15. The average molecular weight is 179 g/mol. The van der Waals surface area contributed by atoms with Crippen molar-refractivity contribution < 1.29 is 15.0 Å². The van der Waals surface area contributed by atoms with Crippen LogP contribution in [0.4, 0.5) is 0 Å². The molecule has 3 heteroatoms. The van der Waals surface area contributed by atoms with Crippen LogP contribution < -0.4 is 5.11 Å². The van der Waals surface area contributed by atoms with Crippen molar-refractivity contribution in [3.8, 4) is 5.75 Å². The molecule has 1 N–H and O–H groups in total. The molecule has 1 aromatic carbocycles.